The molecule has 1 unspecified atom stereocenters. The lowest BCUT2D eigenvalue weighted by Crippen LogP contribution is -2.07. The first-order valence-electron chi connectivity index (χ1n) is 4.32. The number of hydrogen-bond donors (Lipinski definition) is 0. The van der Waals surface area contributed by atoms with E-state index in [0.29, 0.717) is 5.56 Å². The van der Waals surface area contributed by atoms with Gasteiger partial charge in [-0.1, -0.05) is 41.9 Å². The number of rotatable bonds is 3. The number of sulfone groups is 1. The van der Waals surface area contributed by atoms with Crippen LogP contribution in [0.15, 0.2) is 34.6 Å². The molecule has 0 aromatic heterocycles. The molecule has 1 aromatic carbocycles. The van der Waals surface area contributed by atoms with Crippen molar-refractivity contribution in [3.63, 3.8) is 0 Å². The number of benzene rings is 1. The van der Waals surface area contributed by atoms with Crippen molar-refractivity contribution in [2.45, 2.75) is 0 Å². The molecule has 0 aliphatic rings. The topological polar surface area (TPSA) is 51.2 Å². The van der Waals surface area contributed by atoms with Gasteiger partial charge in [-0.05, 0) is 5.56 Å². The van der Waals surface area contributed by atoms with Crippen molar-refractivity contribution in [3.8, 4) is 0 Å². The van der Waals surface area contributed by atoms with Gasteiger partial charge in [0.05, 0.1) is 15.8 Å². The standard InChI is InChI=1S/C10H11ClO3S2/c1-15(12)10(16(2,13)14)9(11)8-6-4-3-5-7-8/h3-7H,1-2H3. The second kappa shape index (κ2) is 5.12. The highest BCUT2D eigenvalue weighted by Gasteiger charge is 2.21. The zero-order valence-electron chi connectivity index (χ0n) is 8.81. The van der Waals surface area contributed by atoms with E-state index in [2.05, 4.69) is 0 Å². The zero-order chi connectivity index (χ0) is 12.3. The van der Waals surface area contributed by atoms with Gasteiger partial charge in [0.15, 0.2) is 9.84 Å². The van der Waals surface area contributed by atoms with Crippen LogP contribution < -0.4 is 0 Å². The van der Waals surface area contributed by atoms with Gasteiger partial charge in [-0.2, -0.15) is 0 Å². The van der Waals surface area contributed by atoms with Crippen LogP contribution >= 0.6 is 11.6 Å². The van der Waals surface area contributed by atoms with Crippen LogP contribution in [0.1, 0.15) is 5.56 Å². The van der Waals surface area contributed by atoms with Gasteiger partial charge in [0.1, 0.15) is 4.24 Å². The lowest BCUT2D eigenvalue weighted by Gasteiger charge is -2.06. The summed E-state index contributed by atoms with van der Waals surface area (Å²) in [5.41, 5.74) is 0.541. The Kier molecular flexibility index (Phi) is 4.29. The highest BCUT2D eigenvalue weighted by Crippen LogP contribution is 2.27. The minimum absolute atomic E-state index is 0.0175. The molecular formula is C10H11ClO3S2. The van der Waals surface area contributed by atoms with Crippen LogP contribution in [-0.4, -0.2) is 25.1 Å². The van der Waals surface area contributed by atoms with E-state index in [1.807, 2.05) is 0 Å². The molecule has 0 saturated heterocycles. The monoisotopic (exact) mass is 278 g/mol. The second-order valence-electron chi connectivity index (χ2n) is 3.19. The first-order chi connectivity index (χ1) is 7.34. The van der Waals surface area contributed by atoms with E-state index in [1.54, 1.807) is 30.3 Å². The Balaban J connectivity index is 3.47. The van der Waals surface area contributed by atoms with Gasteiger partial charge in [0.25, 0.3) is 0 Å². The predicted molar refractivity (Wildman–Crippen MR) is 68.1 cm³/mol. The summed E-state index contributed by atoms with van der Waals surface area (Å²) in [6, 6.07) is 8.59. The Morgan fingerprint density at radius 3 is 2.12 bits per heavy atom. The van der Waals surface area contributed by atoms with E-state index < -0.39 is 20.6 Å². The van der Waals surface area contributed by atoms with Gasteiger partial charge in [0, 0.05) is 12.5 Å². The van der Waals surface area contributed by atoms with Crippen molar-refractivity contribution in [2.75, 3.05) is 12.5 Å². The van der Waals surface area contributed by atoms with E-state index in [1.165, 1.54) is 6.26 Å². The number of halogens is 1. The van der Waals surface area contributed by atoms with E-state index in [9.17, 15) is 12.6 Å². The van der Waals surface area contributed by atoms with Crippen LogP contribution in [0.2, 0.25) is 0 Å². The summed E-state index contributed by atoms with van der Waals surface area (Å²) in [6.45, 7) is 0. The van der Waals surface area contributed by atoms with Crippen molar-refractivity contribution in [1.82, 2.24) is 0 Å². The molecule has 0 bridgehead atoms. The highest BCUT2D eigenvalue weighted by molar-refractivity contribution is 8.11. The summed E-state index contributed by atoms with van der Waals surface area (Å²) in [5.74, 6) is 0. The lowest BCUT2D eigenvalue weighted by molar-refractivity contribution is 0.609. The van der Waals surface area contributed by atoms with Gasteiger partial charge in [-0.3, -0.25) is 4.21 Å². The molecule has 0 fully saturated rings. The van der Waals surface area contributed by atoms with E-state index >= 15 is 0 Å². The van der Waals surface area contributed by atoms with E-state index in [-0.39, 0.29) is 9.27 Å². The third-order valence-corrected chi connectivity index (χ3v) is 5.65. The summed E-state index contributed by atoms with van der Waals surface area (Å²) >= 11 is 5.96. The summed E-state index contributed by atoms with van der Waals surface area (Å²) in [7, 11) is -5.21. The smallest absolute Gasteiger partial charge is 0.185 e. The summed E-state index contributed by atoms with van der Waals surface area (Å²) in [5, 5.41) is 0.0175. The summed E-state index contributed by atoms with van der Waals surface area (Å²) in [4.78, 5) is 0. The fourth-order valence-corrected chi connectivity index (χ4v) is 4.60. The predicted octanol–water partition coefficient (Wildman–Crippen LogP) is 1.97. The number of hydrogen-bond acceptors (Lipinski definition) is 3. The fourth-order valence-electron chi connectivity index (χ4n) is 1.20. The highest BCUT2D eigenvalue weighted by atomic mass is 35.5. The molecule has 0 aliphatic heterocycles. The Morgan fingerprint density at radius 2 is 1.75 bits per heavy atom. The Bertz CT molecular complexity index is 532. The molecular weight excluding hydrogens is 268 g/mol. The zero-order valence-corrected chi connectivity index (χ0v) is 11.2. The van der Waals surface area contributed by atoms with Crippen molar-refractivity contribution in [3.05, 3.63) is 40.1 Å². The lowest BCUT2D eigenvalue weighted by atomic mass is 10.2. The molecule has 1 aromatic rings. The molecule has 3 nitrogen and oxygen atoms in total. The molecule has 0 radical (unpaired) electrons. The normalized spacial score (nSPS) is 15.4. The molecule has 6 heteroatoms. The average Bonchev–Trinajstić information content (AvgIpc) is 2.16. The second-order valence-corrected chi connectivity index (χ2v) is 7.10. The largest absolute Gasteiger partial charge is 0.254 e. The first-order valence-corrected chi connectivity index (χ1v) is 8.15. The van der Waals surface area contributed by atoms with Gasteiger partial charge in [-0.25, -0.2) is 8.42 Å². The minimum atomic E-state index is -3.56. The third-order valence-electron chi connectivity index (χ3n) is 1.80. The van der Waals surface area contributed by atoms with Crippen LogP contribution in [0.4, 0.5) is 0 Å². The Hall–Kier alpha value is -0.650. The maximum atomic E-state index is 11.5. The van der Waals surface area contributed by atoms with Crippen LogP contribution in [-0.2, 0) is 20.6 Å². The van der Waals surface area contributed by atoms with Crippen LogP contribution in [0.25, 0.3) is 5.03 Å². The Morgan fingerprint density at radius 1 is 1.25 bits per heavy atom. The van der Waals surface area contributed by atoms with Gasteiger partial charge in [0.2, 0.25) is 0 Å². The average molecular weight is 279 g/mol. The van der Waals surface area contributed by atoms with E-state index in [0.717, 1.165) is 6.26 Å². The molecule has 0 amide bonds. The fraction of sp³-hybridized carbons (Fsp3) is 0.200. The minimum Gasteiger partial charge on any atom is -0.254 e. The summed E-state index contributed by atoms with van der Waals surface area (Å²) < 4.78 is 34.1. The molecule has 0 aliphatic carbocycles. The molecule has 16 heavy (non-hydrogen) atoms. The third kappa shape index (κ3) is 3.17. The quantitative estimate of drug-likeness (QED) is 0.849. The first kappa shape index (κ1) is 13.4. The van der Waals surface area contributed by atoms with Crippen molar-refractivity contribution >= 4 is 37.3 Å². The Labute approximate surface area is 103 Å². The van der Waals surface area contributed by atoms with Crippen molar-refractivity contribution in [1.29, 1.82) is 0 Å². The van der Waals surface area contributed by atoms with Gasteiger partial charge >= 0.3 is 0 Å². The molecule has 0 saturated carbocycles. The van der Waals surface area contributed by atoms with Crippen LogP contribution in [0.5, 0.6) is 0 Å². The van der Waals surface area contributed by atoms with Gasteiger partial charge in [-0.15, -0.1) is 0 Å². The molecule has 0 N–H and O–H groups in total. The van der Waals surface area contributed by atoms with Crippen molar-refractivity contribution < 1.29 is 12.6 Å². The van der Waals surface area contributed by atoms with Crippen LogP contribution in [0.3, 0.4) is 0 Å². The molecule has 1 atom stereocenters. The van der Waals surface area contributed by atoms with Gasteiger partial charge < -0.3 is 0 Å². The molecule has 88 valence electrons. The molecule has 0 heterocycles. The molecule has 1 rings (SSSR count). The van der Waals surface area contributed by atoms with Crippen molar-refractivity contribution in [2.24, 2.45) is 0 Å². The SMILES string of the molecule is CS(=O)C(=C(Cl)c1ccccc1)S(C)(=O)=O. The maximum Gasteiger partial charge on any atom is 0.185 e. The maximum absolute atomic E-state index is 11.5. The van der Waals surface area contributed by atoms with Crippen LogP contribution in [0, 0.1) is 0 Å². The van der Waals surface area contributed by atoms with E-state index in [4.69, 9.17) is 11.6 Å². The molecule has 0 spiro atoms. The summed E-state index contributed by atoms with van der Waals surface area (Å²) in [6.07, 6.45) is 2.29.